The zero-order chi connectivity index (χ0) is 8.27. The molecule has 0 aromatic carbocycles. The van der Waals surface area contributed by atoms with Crippen LogP contribution < -0.4 is 0 Å². The highest BCUT2D eigenvalue weighted by atomic mass is 16.5. The zero-order valence-corrected chi connectivity index (χ0v) is 7.55. The van der Waals surface area contributed by atoms with Crippen molar-refractivity contribution in [3.63, 3.8) is 0 Å². The fourth-order valence-electron chi connectivity index (χ4n) is 2.12. The molecule has 0 heterocycles. The maximum Gasteiger partial charge on any atom is 0.0983 e. The van der Waals surface area contributed by atoms with Crippen molar-refractivity contribution in [2.75, 3.05) is 0 Å². The van der Waals surface area contributed by atoms with Gasteiger partial charge in [0.15, 0.2) is 0 Å². The van der Waals surface area contributed by atoms with Gasteiger partial charge in [0.25, 0.3) is 0 Å². The summed E-state index contributed by atoms with van der Waals surface area (Å²) in [5.74, 6) is 1.65. The molecule has 0 bridgehead atoms. The molecule has 1 aliphatic carbocycles. The highest BCUT2D eigenvalue weighted by Gasteiger charge is 2.23. The van der Waals surface area contributed by atoms with Crippen LogP contribution in [0.25, 0.3) is 0 Å². The van der Waals surface area contributed by atoms with Gasteiger partial charge in [0.1, 0.15) is 0 Å². The van der Waals surface area contributed by atoms with Gasteiger partial charge in [0, 0.05) is 0 Å². The van der Waals surface area contributed by atoms with Gasteiger partial charge in [-0.25, -0.2) is 0 Å². The second-order valence-electron chi connectivity index (χ2n) is 3.84. The van der Waals surface area contributed by atoms with E-state index in [1.165, 1.54) is 19.3 Å². The summed E-state index contributed by atoms with van der Waals surface area (Å²) in [6, 6.07) is 0. The Morgan fingerprint density at radius 2 is 1.73 bits per heavy atom. The van der Waals surface area contributed by atoms with Crippen molar-refractivity contribution >= 4 is 0 Å². The number of ether oxygens (including phenoxy) is 1. The van der Waals surface area contributed by atoms with Gasteiger partial charge in [-0.05, 0) is 31.1 Å². The van der Waals surface area contributed by atoms with Gasteiger partial charge < -0.3 is 4.74 Å². The number of hydrogen-bond acceptors (Lipinski definition) is 1. The van der Waals surface area contributed by atoms with Crippen LogP contribution >= 0.6 is 0 Å². The molecule has 0 aliphatic heterocycles. The van der Waals surface area contributed by atoms with Crippen molar-refractivity contribution in [2.45, 2.75) is 39.2 Å². The Bertz CT molecular complexity index is 121. The topological polar surface area (TPSA) is 9.23 Å². The van der Waals surface area contributed by atoms with Crippen molar-refractivity contribution in [3.05, 3.63) is 12.8 Å². The van der Waals surface area contributed by atoms with Gasteiger partial charge in [-0.15, -0.1) is 0 Å². The van der Waals surface area contributed by atoms with Crippen LogP contribution in [0.2, 0.25) is 0 Å². The molecule has 1 saturated carbocycles. The molecule has 11 heavy (non-hydrogen) atoms. The number of hydrogen-bond donors (Lipinski definition) is 0. The van der Waals surface area contributed by atoms with Crippen LogP contribution in [0.5, 0.6) is 0 Å². The van der Waals surface area contributed by atoms with Crippen LogP contribution in [0.4, 0.5) is 0 Å². The molecule has 1 rings (SSSR count). The summed E-state index contributed by atoms with van der Waals surface area (Å²) < 4.78 is 5.39. The van der Waals surface area contributed by atoms with Gasteiger partial charge in [0.2, 0.25) is 0 Å². The van der Waals surface area contributed by atoms with Crippen molar-refractivity contribution in [2.24, 2.45) is 11.8 Å². The zero-order valence-electron chi connectivity index (χ0n) is 7.55. The lowest BCUT2D eigenvalue weighted by Crippen LogP contribution is -2.24. The Labute approximate surface area is 69.4 Å². The first-order chi connectivity index (χ1) is 5.22. The lowest BCUT2D eigenvalue weighted by Gasteiger charge is -2.30. The van der Waals surface area contributed by atoms with E-state index in [1.807, 2.05) is 0 Å². The van der Waals surface area contributed by atoms with E-state index in [0.717, 1.165) is 11.8 Å². The minimum Gasteiger partial charge on any atom is -0.499 e. The van der Waals surface area contributed by atoms with Crippen molar-refractivity contribution < 1.29 is 4.74 Å². The molecule has 1 aliphatic rings. The predicted molar refractivity (Wildman–Crippen MR) is 47.2 cm³/mol. The van der Waals surface area contributed by atoms with Crippen molar-refractivity contribution in [1.82, 2.24) is 0 Å². The normalized spacial score (nSPS) is 38.2. The second-order valence-corrected chi connectivity index (χ2v) is 3.84. The summed E-state index contributed by atoms with van der Waals surface area (Å²) in [5.41, 5.74) is 0. The Balaban J connectivity index is 2.36. The highest BCUT2D eigenvalue weighted by molar-refractivity contribution is 4.76. The van der Waals surface area contributed by atoms with Crippen LogP contribution in [0.3, 0.4) is 0 Å². The number of rotatable bonds is 2. The summed E-state index contributed by atoms with van der Waals surface area (Å²) in [5, 5.41) is 0. The fourth-order valence-corrected chi connectivity index (χ4v) is 2.12. The molecular formula is C10H18O. The Morgan fingerprint density at radius 1 is 1.18 bits per heavy atom. The predicted octanol–water partition coefficient (Wildman–Crippen LogP) is 2.97. The van der Waals surface area contributed by atoms with E-state index >= 15 is 0 Å². The van der Waals surface area contributed by atoms with E-state index in [9.17, 15) is 0 Å². The Morgan fingerprint density at radius 3 is 2.18 bits per heavy atom. The van der Waals surface area contributed by atoms with E-state index in [-0.39, 0.29) is 0 Å². The van der Waals surface area contributed by atoms with Crippen LogP contribution in [0.1, 0.15) is 33.1 Å². The van der Waals surface area contributed by atoms with Crippen molar-refractivity contribution in [1.29, 1.82) is 0 Å². The summed E-state index contributed by atoms with van der Waals surface area (Å²) in [6.45, 7) is 8.18. The molecule has 0 aromatic heterocycles. The average molecular weight is 154 g/mol. The third kappa shape index (κ3) is 2.57. The van der Waals surface area contributed by atoms with E-state index in [1.54, 1.807) is 6.26 Å². The quantitative estimate of drug-likeness (QED) is 0.556. The molecule has 0 amide bonds. The van der Waals surface area contributed by atoms with E-state index in [0.29, 0.717) is 6.10 Å². The monoisotopic (exact) mass is 154 g/mol. The van der Waals surface area contributed by atoms with Gasteiger partial charge in [-0.2, -0.15) is 0 Å². The summed E-state index contributed by atoms with van der Waals surface area (Å²) >= 11 is 0. The van der Waals surface area contributed by atoms with Gasteiger partial charge >= 0.3 is 0 Å². The third-order valence-corrected chi connectivity index (χ3v) is 2.42. The van der Waals surface area contributed by atoms with E-state index < -0.39 is 0 Å². The smallest absolute Gasteiger partial charge is 0.0983 e. The standard InChI is InChI=1S/C10H18O/c1-4-11-10-6-8(2)5-9(3)7-10/h4,8-10H,1,5-7H2,2-3H3. The molecule has 2 unspecified atom stereocenters. The maximum atomic E-state index is 5.39. The lowest BCUT2D eigenvalue weighted by atomic mass is 9.82. The summed E-state index contributed by atoms with van der Waals surface area (Å²) in [6.07, 6.45) is 5.78. The molecule has 0 radical (unpaired) electrons. The fraction of sp³-hybridized carbons (Fsp3) is 0.800. The SMILES string of the molecule is C=COC1CC(C)CC(C)C1. The largest absolute Gasteiger partial charge is 0.499 e. The molecule has 1 nitrogen and oxygen atoms in total. The summed E-state index contributed by atoms with van der Waals surface area (Å²) in [4.78, 5) is 0. The minimum absolute atomic E-state index is 0.436. The molecule has 1 heteroatoms. The Kier molecular flexibility index (Phi) is 2.98. The van der Waals surface area contributed by atoms with E-state index in [4.69, 9.17) is 4.74 Å². The van der Waals surface area contributed by atoms with Crippen LogP contribution in [-0.4, -0.2) is 6.10 Å². The molecule has 2 atom stereocenters. The second kappa shape index (κ2) is 3.80. The van der Waals surface area contributed by atoms with Gasteiger partial charge in [0.05, 0.1) is 12.4 Å². The van der Waals surface area contributed by atoms with Gasteiger partial charge in [-0.1, -0.05) is 20.4 Å². The summed E-state index contributed by atoms with van der Waals surface area (Å²) in [7, 11) is 0. The first kappa shape index (κ1) is 8.63. The molecule has 64 valence electrons. The first-order valence-electron chi connectivity index (χ1n) is 4.48. The van der Waals surface area contributed by atoms with Crippen LogP contribution in [-0.2, 0) is 4.74 Å². The molecule has 0 aromatic rings. The minimum atomic E-state index is 0.436. The maximum absolute atomic E-state index is 5.39. The lowest BCUT2D eigenvalue weighted by molar-refractivity contribution is 0.0639. The van der Waals surface area contributed by atoms with E-state index in [2.05, 4.69) is 20.4 Å². The first-order valence-corrected chi connectivity index (χ1v) is 4.48. The Hall–Kier alpha value is -0.460. The molecular weight excluding hydrogens is 136 g/mol. The highest BCUT2D eigenvalue weighted by Crippen LogP contribution is 2.30. The third-order valence-electron chi connectivity index (χ3n) is 2.42. The molecule has 1 fully saturated rings. The van der Waals surface area contributed by atoms with Crippen LogP contribution in [0, 0.1) is 11.8 Å². The van der Waals surface area contributed by atoms with Crippen molar-refractivity contribution in [3.8, 4) is 0 Å². The molecule has 0 saturated heterocycles. The van der Waals surface area contributed by atoms with Crippen LogP contribution in [0.15, 0.2) is 12.8 Å². The molecule has 0 N–H and O–H groups in total. The molecule has 0 spiro atoms. The van der Waals surface area contributed by atoms with Gasteiger partial charge in [-0.3, -0.25) is 0 Å². The average Bonchev–Trinajstić information content (AvgIpc) is 1.85.